The van der Waals surface area contributed by atoms with Gasteiger partial charge in [-0.3, -0.25) is 0 Å². The van der Waals surface area contributed by atoms with E-state index in [1.165, 1.54) is 0 Å². The van der Waals surface area contributed by atoms with Crippen LogP contribution in [-0.2, 0) is 0 Å². The third kappa shape index (κ3) is 3.41. The molecule has 20 heavy (non-hydrogen) atoms. The van der Waals surface area contributed by atoms with Gasteiger partial charge in [0.15, 0.2) is 0 Å². The number of aromatic nitrogens is 1. The van der Waals surface area contributed by atoms with Crippen LogP contribution in [0.4, 0.5) is 13.2 Å². The number of nitrogens with zero attached hydrogens (tertiary/aromatic N) is 2. The lowest BCUT2D eigenvalue weighted by atomic mass is 9.87. The Balaban J connectivity index is 2.00. The molecule has 1 fully saturated rings. The number of nitriles is 1. The van der Waals surface area contributed by atoms with Crippen LogP contribution in [0.1, 0.15) is 36.9 Å². The van der Waals surface area contributed by atoms with E-state index in [0.717, 1.165) is 0 Å². The second-order valence-corrected chi connectivity index (χ2v) is 5.05. The van der Waals surface area contributed by atoms with E-state index in [4.69, 9.17) is 10.00 Å². The van der Waals surface area contributed by atoms with Gasteiger partial charge in [-0.15, -0.1) is 0 Å². The summed E-state index contributed by atoms with van der Waals surface area (Å²) in [7, 11) is 0. The molecular formula is C14H15F3N2O. The molecule has 1 aliphatic rings. The van der Waals surface area contributed by atoms with E-state index in [1.54, 1.807) is 19.1 Å². The normalized spacial score (nSPS) is 23.1. The first-order valence-corrected chi connectivity index (χ1v) is 6.51. The Kier molecular flexibility index (Phi) is 4.17. The number of hydrogen-bond donors (Lipinski definition) is 0. The highest BCUT2D eigenvalue weighted by Crippen LogP contribution is 2.38. The number of pyridine rings is 1. The molecule has 0 radical (unpaired) electrons. The Hall–Kier alpha value is -1.77. The van der Waals surface area contributed by atoms with Gasteiger partial charge in [-0.05, 0) is 44.7 Å². The minimum atomic E-state index is -4.12. The molecule has 6 heteroatoms. The first kappa shape index (κ1) is 14.6. The zero-order valence-corrected chi connectivity index (χ0v) is 11.1. The number of ether oxygens (including phenoxy) is 1. The topological polar surface area (TPSA) is 45.9 Å². The summed E-state index contributed by atoms with van der Waals surface area (Å²) < 4.78 is 43.3. The highest BCUT2D eigenvalue weighted by atomic mass is 19.4. The monoisotopic (exact) mass is 284 g/mol. The van der Waals surface area contributed by atoms with Crippen molar-refractivity contribution < 1.29 is 17.9 Å². The van der Waals surface area contributed by atoms with Crippen molar-refractivity contribution in [2.24, 2.45) is 5.92 Å². The van der Waals surface area contributed by atoms with Gasteiger partial charge in [0.1, 0.15) is 17.7 Å². The Labute approximate surface area is 115 Å². The molecule has 108 valence electrons. The van der Waals surface area contributed by atoms with Gasteiger partial charge >= 0.3 is 6.18 Å². The molecule has 1 aliphatic carbocycles. The van der Waals surface area contributed by atoms with E-state index < -0.39 is 12.1 Å². The average Bonchev–Trinajstić information content (AvgIpc) is 2.38. The van der Waals surface area contributed by atoms with Crippen molar-refractivity contribution in [2.75, 3.05) is 0 Å². The highest BCUT2D eigenvalue weighted by Gasteiger charge is 2.41. The quantitative estimate of drug-likeness (QED) is 0.830. The summed E-state index contributed by atoms with van der Waals surface area (Å²) >= 11 is 0. The second-order valence-electron chi connectivity index (χ2n) is 5.05. The van der Waals surface area contributed by atoms with Crippen LogP contribution in [0, 0.1) is 24.2 Å². The van der Waals surface area contributed by atoms with Crippen LogP contribution in [0.15, 0.2) is 12.1 Å². The fourth-order valence-electron chi connectivity index (χ4n) is 2.37. The fraction of sp³-hybridized carbons (Fsp3) is 0.571. The maximum absolute atomic E-state index is 12.6. The molecule has 1 aromatic heterocycles. The Bertz CT molecular complexity index is 514. The molecule has 0 saturated heterocycles. The maximum atomic E-state index is 12.6. The average molecular weight is 284 g/mol. The molecule has 0 atom stereocenters. The van der Waals surface area contributed by atoms with E-state index in [1.807, 2.05) is 6.07 Å². The van der Waals surface area contributed by atoms with Crippen molar-refractivity contribution in [3.8, 4) is 11.9 Å². The van der Waals surface area contributed by atoms with Crippen LogP contribution in [0.25, 0.3) is 0 Å². The Morgan fingerprint density at radius 1 is 1.25 bits per heavy atom. The predicted molar refractivity (Wildman–Crippen MR) is 66.1 cm³/mol. The predicted octanol–water partition coefficient (Wildman–Crippen LogP) is 3.76. The number of rotatable bonds is 2. The van der Waals surface area contributed by atoms with Crippen LogP contribution < -0.4 is 4.74 Å². The third-order valence-electron chi connectivity index (χ3n) is 3.54. The van der Waals surface area contributed by atoms with Gasteiger partial charge in [-0.25, -0.2) is 4.98 Å². The minimum absolute atomic E-state index is 0.0713. The fourth-order valence-corrected chi connectivity index (χ4v) is 2.37. The number of halogens is 3. The molecule has 0 unspecified atom stereocenters. The summed E-state index contributed by atoms with van der Waals surface area (Å²) in [5.74, 6) is -1.01. The lowest BCUT2D eigenvalue weighted by Crippen LogP contribution is -2.32. The van der Waals surface area contributed by atoms with Crippen LogP contribution in [0.5, 0.6) is 5.88 Å². The van der Waals surface area contributed by atoms with Gasteiger partial charge in [-0.2, -0.15) is 18.4 Å². The van der Waals surface area contributed by atoms with Crippen molar-refractivity contribution in [1.29, 1.82) is 5.26 Å². The Morgan fingerprint density at radius 2 is 1.90 bits per heavy atom. The largest absolute Gasteiger partial charge is 0.473 e. The molecule has 0 aliphatic heterocycles. The molecule has 2 rings (SSSR count). The van der Waals surface area contributed by atoms with E-state index in [0.29, 0.717) is 24.1 Å². The molecule has 0 bridgehead atoms. The summed E-state index contributed by atoms with van der Waals surface area (Å²) in [6.45, 7) is 1.77. The molecule has 0 spiro atoms. The number of alkyl halides is 3. The summed E-state index contributed by atoms with van der Waals surface area (Å²) in [4.78, 5) is 4.14. The number of hydrogen-bond acceptors (Lipinski definition) is 3. The van der Waals surface area contributed by atoms with Gasteiger partial charge in [0.2, 0.25) is 5.88 Å². The molecule has 0 N–H and O–H groups in total. The Morgan fingerprint density at radius 3 is 2.45 bits per heavy atom. The minimum Gasteiger partial charge on any atom is -0.473 e. The van der Waals surface area contributed by atoms with Crippen LogP contribution >= 0.6 is 0 Å². The van der Waals surface area contributed by atoms with Crippen LogP contribution in [-0.4, -0.2) is 17.3 Å². The van der Waals surface area contributed by atoms with Gasteiger partial charge in [0.05, 0.1) is 5.92 Å². The first-order chi connectivity index (χ1) is 9.40. The zero-order chi connectivity index (χ0) is 14.8. The maximum Gasteiger partial charge on any atom is 0.391 e. The molecule has 0 aromatic carbocycles. The van der Waals surface area contributed by atoms with Crippen molar-refractivity contribution in [3.63, 3.8) is 0 Å². The number of aryl methyl sites for hydroxylation is 1. The van der Waals surface area contributed by atoms with Crippen molar-refractivity contribution in [2.45, 2.75) is 44.9 Å². The summed E-state index contributed by atoms with van der Waals surface area (Å²) in [5, 5.41) is 8.97. The second kappa shape index (κ2) is 5.70. The molecule has 1 heterocycles. The van der Waals surface area contributed by atoms with Gasteiger partial charge in [0, 0.05) is 5.69 Å². The molecule has 0 amide bonds. The van der Waals surface area contributed by atoms with E-state index in [9.17, 15) is 13.2 Å². The molecule has 3 nitrogen and oxygen atoms in total. The first-order valence-electron chi connectivity index (χ1n) is 6.51. The summed E-state index contributed by atoms with van der Waals surface area (Å²) in [6, 6.07) is 5.29. The standard InChI is InChI=1S/C14H15F3N2O/c1-9-2-3-10(8-18)13(19-9)20-12-6-4-11(5-7-12)14(15,16)17/h2-3,11-12H,4-7H2,1H3. The van der Waals surface area contributed by atoms with Crippen LogP contribution in [0.3, 0.4) is 0 Å². The summed E-state index contributed by atoms with van der Waals surface area (Å²) in [6.07, 6.45) is -3.60. The van der Waals surface area contributed by atoms with Crippen molar-refractivity contribution in [1.82, 2.24) is 4.98 Å². The lowest BCUT2D eigenvalue weighted by Gasteiger charge is -2.30. The molecule has 1 aromatic rings. The zero-order valence-electron chi connectivity index (χ0n) is 11.1. The highest BCUT2D eigenvalue weighted by molar-refractivity contribution is 5.38. The van der Waals surface area contributed by atoms with Gasteiger partial charge in [0.25, 0.3) is 0 Å². The summed E-state index contributed by atoms with van der Waals surface area (Å²) in [5.41, 5.74) is 1.02. The van der Waals surface area contributed by atoms with Gasteiger partial charge in [-0.1, -0.05) is 0 Å². The van der Waals surface area contributed by atoms with E-state index >= 15 is 0 Å². The van der Waals surface area contributed by atoms with E-state index in [-0.39, 0.29) is 24.8 Å². The molecular weight excluding hydrogens is 269 g/mol. The van der Waals surface area contributed by atoms with Crippen molar-refractivity contribution in [3.05, 3.63) is 23.4 Å². The molecule has 1 saturated carbocycles. The smallest absolute Gasteiger partial charge is 0.391 e. The SMILES string of the molecule is Cc1ccc(C#N)c(OC2CCC(C(F)(F)F)CC2)n1. The van der Waals surface area contributed by atoms with Crippen LogP contribution in [0.2, 0.25) is 0 Å². The lowest BCUT2D eigenvalue weighted by molar-refractivity contribution is -0.185. The van der Waals surface area contributed by atoms with Crippen molar-refractivity contribution >= 4 is 0 Å². The van der Waals surface area contributed by atoms with Gasteiger partial charge < -0.3 is 4.74 Å². The van der Waals surface area contributed by atoms with E-state index in [2.05, 4.69) is 4.98 Å². The third-order valence-corrected chi connectivity index (χ3v) is 3.54.